The molecule has 0 amide bonds. The van der Waals surface area contributed by atoms with Crippen LogP contribution in [0.15, 0.2) is 35.9 Å². The summed E-state index contributed by atoms with van der Waals surface area (Å²) in [4.78, 5) is 2.98. The van der Waals surface area contributed by atoms with Crippen molar-refractivity contribution in [1.29, 1.82) is 0 Å². The Hall–Kier alpha value is -0.420. The summed E-state index contributed by atoms with van der Waals surface area (Å²) in [7, 11) is -1.14. The van der Waals surface area contributed by atoms with Gasteiger partial charge in [-0.15, -0.1) is 0 Å². The Bertz CT molecular complexity index is 358. The standard InChI is InChI=1S/C13H23ClN2OS/c1-7-12(14)9-11(3)10-16(8-2)15-18(17)13(4,5)6/h7,9,15H,1,3,8,10H2,2,4-6H3/b12-9+. The molecule has 104 valence electrons. The van der Waals surface area contributed by atoms with E-state index in [1.54, 1.807) is 12.2 Å². The molecule has 0 aliphatic carbocycles. The van der Waals surface area contributed by atoms with E-state index in [1.807, 2.05) is 32.7 Å². The molecule has 1 N–H and O–H groups in total. The molecule has 0 rings (SSSR count). The van der Waals surface area contributed by atoms with E-state index in [0.29, 0.717) is 11.6 Å². The number of likely N-dealkylation sites (N-methyl/N-ethyl adjacent to an activating group) is 1. The lowest BCUT2D eigenvalue weighted by atomic mass is 10.2. The summed E-state index contributed by atoms with van der Waals surface area (Å²) in [6.07, 6.45) is 3.31. The van der Waals surface area contributed by atoms with Gasteiger partial charge in [0.05, 0.1) is 4.75 Å². The van der Waals surface area contributed by atoms with Crippen LogP contribution in [-0.2, 0) is 11.0 Å². The van der Waals surface area contributed by atoms with Gasteiger partial charge in [-0.05, 0) is 32.4 Å². The van der Waals surface area contributed by atoms with Gasteiger partial charge in [-0.2, -0.15) is 4.83 Å². The van der Waals surface area contributed by atoms with E-state index in [0.717, 1.165) is 12.1 Å². The third-order valence-electron chi connectivity index (χ3n) is 2.08. The second kappa shape index (κ2) is 7.89. The van der Waals surface area contributed by atoms with Crippen molar-refractivity contribution in [2.75, 3.05) is 13.1 Å². The van der Waals surface area contributed by atoms with Gasteiger partial charge in [-0.25, -0.2) is 9.22 Å². The molecule has 0 aliphatic rings. The average Bonchev–Trinajstić information content (AvgIpc) is 2.26. The van der Waals surface area contributed by atoms with E-state index < -0.39 is 11.0 Å². The number of hydrazine groups is 1. The van der Waals surface area contributed by atoms with Crippen molar-refractivity contribution in [1.82, 2.24) is 9.84 Å². The van der Waals surface area contributed by atoms with Crippen LogP contribution in [-0.4, -0.2) is 27.1 Å². The Morgan fingerprint density at radius 1 is 1.50 bits per heavy atom. The number of nitrogens with one attached hydrogen (secondary N) is 1. The minimum absolute atomic E-state index is 0.302. The number of hydrogen-bond acceptors (Lipinski definition) is 2. The van der Waals surface area contributed by atoms with Gasteiger partial charge in [0.2, 0.25) is 0 Å². The highest BCUT2D eigenvalue weighted by Crippen LogP contribution is 2.11. The fourth-order valence-corrected chi connectivity index (χ4v) is 1.86. The van der Waals surface area contributed by atoms with Crippen LogP contribution in [0.4, 0.5) is 0 Å². The Kier molecular flexibility index (Phi) is 7.71. The highest BCUT2D eigenvalue weighted by molar-refractivity contribution is 7.84. The Balaban J connectivity index is 4.50. The van der Waals surface area contributed by atoms with Crippen LogP contribution in [0.3, 0.4) is 0 Å². The fourth-order valence-electron chi connectivity index (χ4n) is 1.01. The number of hydrogen-bond donors (Lipinski definition) is 1. The summed E-state index contributed by atoms with van der Waals surface area (Å²) < 4.78 is 11.7. The van der Waals surface area contributed by atoms with Crippen LogP contribution in [0.5, 0.6) is 0 Å². The normalized spacial score (nSPS) is 14.7. The molecule has 0 spiro atoms. The van der Waals surface area contributed by atoms with Gasteiger partial charge in [0.15, 0.2) is 0 Å². The van der Waals surface area contributed by atoms with Gasteiger partial charge in [0.1, 0.15) is 11.0 Å². The number of allylic oxidation sites excluding steroid dienone is 2. The van der Waals surface area contributed by atoms with Crippen LogP contribution in [0.2, 0.25) is 0 Å². The lowest BCUT2D eigenvalue weighted by Crippen LogP contribution is -2.45. The first-order valence-corrected chi connectivity index (χ1v) is 7.34. The smallest absolute Gasteiger partial charge is 0.111 e. The van der Waals surface area contributed by atoms with Gasteiger partial charge in [-0.3, -0.25) is 0 Å². The van der Waals surface area contributed by atoms with Crippen molar-refractivity contribution in [2.45, 2.75) is 32.4 Å². The Labute approximate surface area is 118 Å². The summed E-state index contributed by atoms with van der Waals surface area (Å²) in [6, 6.07) is 0. The summed E-state index contributed by atoms with van der Waals surface area (Å²) in [5.74, 6) is 0. The van der Waals surface area contributed by atoms with Crippen molar-refractivity contribution >= 4 is 22.6 Å². The molecule has 0 bridgehead atoms. The molecule has 1 atom stereocenters. The quantitative estimate of drug-likeness (QED) is 0.577. The van der Waals surface area contributed by atoms with E-state index in [1.165, 1.54) is 0 Å². The van der Waals surface area contributed by atoms with E-state index >= 15 is 0 Å². The van der Waals surface area contributed by atoms with Crippen molar-refractivity contribution in [2.24, 2.45) is 0 Å². The van der Waals surface area contributed by atoms with Crippen molar-refractivity contribution in [3.05, 3.63) is 35.9 Å². The summed E-state index contributed by atoms with van der Waals surface area (Å²) in [6.45, 7) is 16.5. The molecule has 18 heavy (non-hydrogen) atoms. The molecule has 1 unspecified atom stereocenters. The van der Waals surface area contributed by atoms with Crippen molar-refractivity contribution < 1.29 is 4.21 Å². The molecule has 0 aromatic rings. The molecule has 5 heteroatoms. The second-order valence-corrected chi connectivity index (χ2v) is 7.26. The van der Waals surface area contributed by atoms with Gasteiger partial charge in [0, 0.05) is 18.1 Å². The highest BCUT2D eigenvalue weighted by Gasteiger charge is 2.21. The largest absolute Gasteiger partial charge is 0.241 e. The molecule has 0 radical (unpaired) electrons. The first kappa shape index (κ1) is 17.6. The third-order valence-corrected chi connectivity index (χ3v) is 3.88. The Morgan fingerprint density at radius 2 is 2.06 bits per heavy atom. The van der Waals surface area contributed by atoms with Crippen LogP contribution >= 0.6 is 11.6 Å². The van der Waals surface area contributed by atoms with E-state index in [9.17, 15) is 4.21 Å². The van der Waals surface area contributed by atoms with Gasteiger partial charge in [-0.1, -0.05) is 37.8 Å². The van der Waals surface area contributed by atoms with Crippen LogP contribution in [0.1, 0.15) is 27.7 Å². The third kappa shape index (κ3) is 7.11. The van der Waals surface area contributed by atoms with Crippen molar-refractivity contribution in [3.8, 4) is 0 Å². The number of rotatable bonds is 7. The van der Waals surface area contributed by atoms with E-state index in [4.69, 9.17) is 11.6 Å². The predicted octanol–water partition coefficient (Wildman–Crippen LogP) is 3.14. The monoisotopic (exact) mass is 290 g/mol. The zero-order valence-electron chi connectivity index (χ0n) is 11.6. The van der Waals surface area contributed by atoms with Gasteiger partial charge >= 0.3 is 0 Å². The molecule has 0 aromatic carbocycles. The van der Waals surface area contributed by atoms with Crippen LogP contribution in [0, 0.1) is 0 Å². The second-order valence-electron chi connectivity index (χ2n) is 4.88. The van der Waals surface area contributed by atoms with Crippen LogP contribution < -0.4 is 4.83 Å². The molecule has 0 aliphatic heterocycles. The highest BCUT2D eigenvalue weighted by atomic mass is 35.5. The lowest BCUT2D eigenvalue weighted by molar-refractivity contribution is 0.282. The number of nitrogens with zero attached hydrogens (tertiary/aromatic N) is 1. The Morgan fingerprint density at radius 3 is 2.44 bits per heavy atom. The minimum atomic E-state index is -1.14. The molecule has 3 nitrogen and oxygen atoms in total. The first-order chi connectivity index (χ1) is 8.20. The topological polar surface area (TPSA) is 32.3 Å². The zero-order valence-corrected chi connectivity index (χ0v) is 13.2. The summed E-state index contributed by atoms with van der Waals surface area (Å²) >= 11 is 5.85. The first-order valence-electron chi connectivity index (χ1n) is 5.81. The molecule has 0 saturated carbocycles. The van der Waals surface area contributed by atoms with E-state index in [2.05, 4.69) is 18.0 Å². The van der Waals surface area contributed by atoms with Crippen molar-refractivity contribution in [3.63, 3.8) is 0 Å². The SMILES string of the molecule is C=C/C(Cl)=C\C(=C)CN(CC)NS(=O)C(C)(C)C. The van der Waals surface area contributed by atoms with E-state index in [-0.39, 0.29) is 4.75 Å². The molecule has 0 heterocycles. The maximum absolute atomic E-state index is 12.0. The molecular weight excluding hydrogens is 268 g/mol. The molecular formula is C13H23ClN2OS. The molecule has 0 aromatic heterocycles. The maximum Gasteiger partial charge on any atom is 0.111 e. The fraction of sp³-hybridized carbons (Fsp3) is 0.538. The van der Waals surface area contributed by atoms with Gasteiger partial charge < -0.3 is 0 Å². The molecule has 0 saturated heterocycles. The van der Waals surface area contributed by atoms with Gasteiger partial charge in [0.25, 0.3) is 0 Å². The summed E-state index contributed by atoms with van der Waals surface area (Å²) in [5, 5.41) is 2.40. The summed E-state index contributed by atoms with van der Waals surface area (Å²) in [5.41, 5.74) is 0.833. The number of halogens is 1. The van der Waals surface area contributed by atoms with Crippen LogP contribution in [0.25, 0.3) is 0 Å². The predicted molar refractivity (Wildman–Crippen MR) is 81.6 cm³/mol. The maximum atomic E-state index is 12.0. The average molecular weight is 291 g/mol. The minimum Gasteiger partial charge on any atom is -0.241 e. The lowest BCUT2D eigenvalue weighted by Gasteiger charge is -2.26. The zero-order chi connectivity index (χ0) is 14.3. The molecule has 0 fully saturated rings.